The molecule has 1 aromatic carbocycles. The summed E-state index contributed by atoms with van der Waals surface area (Å²) < 4.78 is 31.1. The third kappa shape index (κ3) is 3.93. The molecule has 0 saturated carbocycles. The molecule has 4 rings (SSSR count). The molecule has 0 aliphatic carbocycles. The van der Waals surface area contributed by atoms with Gasteiger partial charge in [0.15, 0.2) is 0 Å². The highest BCUT2D eigenvalue weighted by atomic mass is 32.2. The molecule has 1 saturated heterocycles. The number of fused-ring (bicyclic) bond motifs is 1. The Bertz CT molecular complexity index is 1280. The third-order valence-corrected chi connectivity index (χ3v) is 8.25. The normalized spacial score (nSPS) is 16.6. The molecule has 0 unspecified atom stereocenters. The van der Waals surface area contributed by atoms with Crippen molar-refractivity contribution in [2.24, 2.45) is 7.05 Å². The van der Waals surface area contributed by atoms with Gasteiger partial charge in [-0.1, -0.05) is 17.7 Å². The largest absolute Gasteiger partial charge is 0.351 e. The second-order valence-electron chi connectivity index (χ2n) is 8.30. The number of aryl methyl sites for hydroxylation is 3. The van der Waals surface area contributed by atoms with Crippen LogP contribution in [0.4, 0.5) is 0 Å². The Morgan fingerprint density at radius 1 is 0.968 bits per heavy atom. The molecule has 1 aliphatic heterocycles. The van der Waals surface area contributed by atoms with Gasteiger partial charge in [0, 0.05) is 50.0 Å². The Balaban J connectivity index is 1.52. The minimum Gasteiger partial charge on any atom is -0.351 e. The quantitative estimate of drug-likeness (QED) is 0.616. The van der Waals surface area contributed by atoms with E-state index in [0.29, 0.717) is 49.6 Å². The van der Waals surface area contributed by atoms with Gasteiger partial charge in [-0.15, -0.1) is 0 Å². The lowest BCUT2D eigenvalue weighted by molar-refractivity contribution is 0.213. The van der Waals surface area contributed by atoms with Gasteiger partial charge < -0.3 is 4.57 Å². The van der Waals surface area contributed by atoms with Crippen LogP contribution in [0.3, 0.4) is 0 Å². The van der Waals surface area contributed by atoms with Gasteiger partial charge in [0.2, 0.25) is 10.0 Å². The molecule has 0 bridgehead atoms. The van der Waals surface area contributed by atoms with Crippen LogP contribution in [0, 0.1) is 20.8 Å². The van der Waals surface area contributed by atoms with E-state index >= 15 is 0 Å². The summed E-state index contributed by atoms with van der Waals surface area (Å²) in [6.45, 7) is 8.32. The molecule has 3 heterocycles. The highest BCUT2D eigenvalue weighted by Gasteiger charge is 2.27. The van der Waals surface area contributed by atoms with Crippen LogP contribution in [-0.2, 0) is 23.7 Å². The van der Waals surface area contributed by atoms with Crippen molar-refractivity contribution in [1.82, 2.24) is 23.6 Å². The zero-order chi connectivity index (χ0) is 22.3. The van der Waals surface area contributed by atoms with Gasteiger partial charge in [0.1, 0.15) is 0 Å². The number of hydrogen-bond acceptors (Lipinski definition) is 5. The number of hydrogen-bond donors (Lipinski definition) is 0. The fourth-order valence-corrected chi connectivity index (χ4v) is 5.66. The topological polar surface area (TPSA) is 80.4 Å². The molecule has 0 radical (unpaired) electrons. The van der Waals surface area contributed by atoms with E-state index in [0.717, 1.165) is 22.3 Å². The molecule has 9 heteroatoms. The number of benzene rings is 1. The van der Waals surface area contributed by atoms with Crippen molar-refractivity contribution in [1.29, 1.82) is 0 Å². The van der Waals surface area contributed by atoms with E-state index in [1.54, 1.807) is 22.6 Å². The summed E-state index contributed by atoms with van der Waals surface area (Å²) in [5.74, 6) is 0. The Morgan fingerprint density at radius 3 is 2.39 bits per heavy atom. The molecule has 0 spiro atoms. The molecule has 1 aliphatic rings. The van der Waals surface area contributed by atoms with Crippen LogP contribution in [0.2, 0.25) is 0 Å². The Hall–Kier alpha value is -2.49. The van der Waals surface area contributed by atoms with Crippen molar-refractivity contribution in [3.8, 4) is 0 Å². The third-order valence-electron chi connectivity index (χ3n) is 6.34. The van der Waals surface area contributed by atoms with E-state index in [4.69, 9.17) is 0 Å². The standard InChI is InChI=1S/C22H29N5O3S/c1-16-6-8-19(9-7-16)31(29,30)26-11-5-10-25(12-13-26)15-27-22(28)21-18(3)24(4)17(2)20(21)14-23-27/h6-9,14H,5,10-13,15H2,1-4H3. The molecule has 0 amide bonds. The summed E-state index contributed by atoms with van der Waals surface area (Å²) >= 11 is 0. The average Bonchev–Trinajstić information content (AvgIpc) is 2.91. The molecular weight excluding hydrogens is 414 g/mol. The van der Waals surface area contributed by atoms with E-state index in [1.165, 1.54) is 4.68 Å². The first-order valence-corrected chi connectivity index (χ1v) is 11.9. The van der Waals surface area contributed by atoms with Crippen molar-refractivity contribution >= 4 is 20.8 Å². The molecule has 3 aromatic rings. The van der Waals surface area contributed by atoms with Crippen LogP contribution < -0.4 is 5.56 Å². The maximum atomic E-state index is 13.1. The summed E-state index contributed by atoms with van der Waals surface area (Å²) in [6, 6.07) is 6.96. The van der Waals surface area contributed by atoms with Crippen LogP contribution in [0.1, 0.15) is 23.4 Å². The van der Waals surface area contributed by atoms with Crippen molar-refractivity contribution in [3.63, 3.8) is 0 Å². The Labute approximate surface area is 182 Å². The van der Waals surface area contributed by atoms with Crippen LogP contribution in [0.25, 0.3) is 10.8 Å². The van der Waals surface area contributed by atoms with Crippen LogP contribution in [0.15, 0.2) is 40.2 Å². The second-order valence-corrected chi connectivity index (χ2v) is 10.2. The number of rotatable bonds is 4. The van der Waals surface area contributed by atoms with Gasteiger partial charge >= 0.3 is 0 Å². The SMILES string of the molecule is Cc1ccc(S(=O)(=O)N2CCCN(Cn3ncc4c(C)n(C)c(C)c4c3=O)CC2)cc1. The molecule has 0 N–H and O–H groups in total. The van der Waals surface area contributed by atoms with Crippen molar-refractivity contribution in [2.45, 2.75) is 38.8 Å². The molecule has 166 valence electrons. The number of sulfonamides is 1. The van der Waals surface area contributed by atoms with E-state index in [9.17, 15) is 13.2 Å². The van der Waals surface area contributed by atoms with Gasteiger partial charge in [-0.3, -0.25) is 9.69 Å². The highest BCUT2D eigenvalue weighted by molar-refractivity contribution is 7.89. The van der Waals surface area contributed by atoms with Crippen LogP contribution in [-0.4, -0.2) is 58.1 Å². The Morgan fingerprint density at radius 2 is 1.68 bits per heavy atom. The smallest absolute Gasteiger partial charge is 0.277 e. The number of aromatic nitrogens is 3. The first-order valence-electron chi connectivity index (χ1n) is 10.5. The van der Waals surface area contributed by atoms with Gasteiger partial charge in [-0.2, -0.15) is 9.40 Å². The number of nitrogens with zero attached hydrogens (tertiary/aromatic N) is 5. The predicted octanol–water partition coefficient (Wildman–Crippen LogP) is 2.01. The van der Waals surface area contributed by atoms with Crippen molar-refractivity contribution in [2.75, 3.05) is 26.2 Å². The molecule has 8 nitrogen and oxygen atoms in total. The fourth-order valence-electron chi connectivity index (χ4n) is 4.19. The maximum Gasteiger partial charge on any atom is 0.277 e. The lowest BCUT2D eigenvalue weighted by Crippen LogP contribution is -2.37. The summed E-state index contributed by atoms with van der Waals surface area (Å²) in [5.41, 5.74) is 2.88. The van der Waals surface area contributed by atoms with Crippen LogP contribution in [0.5, 0.6) is 0 Å². The van der Waals surface area contributed by atoms with Gasteiger partial charge in [-0.25, -0.2) is 13.1 Å². The van der Waals surface area contributed by atoms with E-state index in [-0.39, 0.29) is 5.56 Å². The summed E-state index contributed by atoms with van der Waals surface area (Å²) in [5, 5.41) is 5.97. The predicted molar refractivity (Wildman–Crippen MR) is 121 cm³/mol. The van der Waals surface area contributed by atoms with Gasteiger partial charge in [-0.05, 0) is 39.3 Å². The van der Waals surface area contributed by atoms with E-state index in [2.05, 4.69) is 10.00 Å². The van der Waals surface area contributed by atoms with E-state index in [1.807, 2.05) is 44.5 Å². The first-order chi connectivity index (χ1) is 14.7. The minimum atomic E-state index is -3.52. The zero-order valence-electron chi connectivity index (χ0n) is 18.5. The average molecular weight is 444 g/mol. The highest BCUT2D eigenvalue weighted by Crippen LogP contribution is 2.21. The molecule has 1 fully saturated rings. The van der Waals surface area contributed by atoms with Crippen LogP contribution >= 0.6 is 0 Å². The Kier molecular flexibility index (Phi) is 5.76. The monoisotopic (exact) mass is 443 g/mol. The second kappa shape index (κ2) is 8.22. The van der Waals surface area contributed by atoms with Crippen molar-refractivity contribution < 1.29 is 8.42 Å². The molecule has 31 heavy (non-hydrogen) atoms. The lowest BCUT2D eigenvalue weighted by Gasteiger charge is -2.22. The lowest BCUT2D eigenvalue weighted by atomic mass is 10.2. The summed E-state index contributed by atoms with van der Waals surface area (Å²) in [7, 11) is -1.57. The first kappa shape index (κ1) is 21.7. The molecule has 2 aromatic heterocycles. The molecular formula is C22H29N5O3S. The van der Waals surface area contributed by atoms with Crippen molar-refractivity contribution in [3.05, 3.63) is 57.8 Å². The fraction of sp³-hybridized carbons (Fsp3) is 0.455. The van der Waals surface area contributed by atoms with Gasteiger partial charge in [0.05, 0.1) is 23.1 Å². The zero-order valence-corrected chi connectivity index (χ0v) is 19.3. The van der Waals surface area contributed by atoms with Gasteiger partial charge in [0.25, 0.3) is 5.56 Å². The summed E-state index contributed by atoms with van der Waals surface area (Å²) in [4.78, 5) is 15.5. The minimum absolute atomic E-state index is 0.105. The van der Waals surface area contributed by atoms with E-state index < -0.39 is 10.0 Å². The maximum absolute atomic E-state index is 13.1. The summed E-state index contributed by atoms with van der Waals surface area (Å²) in [6.07, 6.45) is 2.45. The molecule has 0 atom stereocenters.